The van der Waals surface area contributed by atoms with E-state index in [1.807, 2.05) is 19.1 Å². The van der Waals surface area contributed by atoms with Crippen LogP contribution in [0.15, 0.2) is 49.1 Å². The maximum atomic E-state index is 15.7. The van der Waals surface area contributed by atoms with Crippen molar-refractivity contribution in [3.8, 4) is 33.1 Å². The molecule has 0 radical (unpaired) electrons. The van der Waals surface area contributed by atoms with Crippen LogP contribution in [-0.4, -0.2) is 35.1 Å². The van der Waals surface area contributed by atoms with Gasteiger partial charge in [0.25, 0.3) is 0 Å². The van der Waals surface area contributed by atoms with Crippen molar-refractivity contribution in [3.05, 3.63) is 65.3 Å². The van der Waals surface area contributed by atoms with Gasteiger partial charge in [-0.25, -0.2) is 19.3 Å². The molecule has 0 aliphatic rings. The van der Waals surface area contributed by atoms with Gasteiger partial charge >= 0.3 is 0 Å². The molecule has 32 heavy (non-hydrogen) atoms. The fourth-order valence-electron chi connectivity index (χ4n) is 3.87. The summed E-state index contributed by atoms with van der Waals surface area (Å²) in [5, 5.41) is 7.37. The molecular weight excluding hydrogens is 425 g/mol. The first-order chi connectivity index (χ1) is 15.6. The molecule has 0 aliphatic heterocycles. The Balaban J connectivity index is 1.56. The molecule has 156 valence electrons. The topological polar surface area (TPSA) is 96.0 Å². The van der Waals surface area contributed by atoms with E-state index in [1.54, 1.807) is 29.9 Å². The zero-order valence-corrected chi connectivity index (χ0v) is 18.0. The minimum Gasteiger partial charge on any atom is -0.335 e. The molecule has 0 aliphatic carbocycles. The third-order valence-corrected chi connectivity index (χ3v) is 6.52. The van der Waals surface area contributed by atoms with Crippen molar-refractivity contribution in [2.24, 2.45) is 0 Å². The van der Waals surface area contributed by atoms with Gasteiger partial charge in [-0.05, 0) is 43.7 Å². The van der Waals surface area contributed by atoms with Crippen LogP contribution >= 0.6 is 11.3 Å². The molecule has 0 spiro atoms. The number of rotatable bonds is 3. The fraction of sp³-hybridized carbons (Fsp3) is 0.0870. The van der Waals surface area contributed by atoms with Crippen LogP contribution in [0.3, 0.4) is 0 Å². The van der Waals surface area contributed by atoms with Crippen LogP contribution in [0, 0.1) is 19.7 Å². The summed E-state index contributed by atoms with van der Waals surface area (Å²) in [6.07, 6.45) is 6.54. The lowest BCUT2D eigenvalue weighted by Gasteiger charge is -2.06. The third-order valence-electron chi connectivity index (χ3n) is 5.48. The number of halogens is 1. The molecule has 6 aromatic rings. The van der Waals surface area contributed by atoms with Crippen LogP contribution in [0.2, 0.25) is 0 Å². The molecule has 0 saturated carbocycles. The Kier molecular flexibility index (Phi) is 4.12. The number of nitrogens with zero attached hydrogens (tertiary/aromatic N) is 5. The van der Waals surface area contributed by atoms with Gasteiger partial charge < -0.3 is 4.98 Å². The molecule has 6 rings (SSSR count). The van der Waals surface area contributed by atoms with Crippen molar-refractivity contribution >= 4 is 33.5 Å². The van der Waals surface area contributed by atoms with Crippen LogP contribution in [0.1, 0.15) is 10.4 Å². The van der Waals surface area contributed by atoms with Gasteiger partial charge in [-0.2, -0.15) is 5.10 Å². The van der Waals surface area contributed by atoms with Gasteiger partial charge in [0.15, 0.2) is 17.1 Å². The molecule has 6 heterocycles. The number of fused-ring (bicyclic) bond motifs is 2. The Morgan fingerprint density at radius 3 is 2.62 bits per heavy atom. The van der Waals surface area contributed by atoms with E-state index in [1.165, 1.54) is 11.1 Å². The highest BCUT2D eigenvalue weighted by Crippen LogP contribution is 2.36. The lowest BCUT2D eigenvalue weighted by atomic mass is 10.0. The highest BCUT2D eigenvalue weighted by Gasteiger charge is 2.21. The molecule has 0 aromatic carbocycles. The number of imidazole rings is 1. The van der Waals surface area contributed by atoms with E-state index in [-0.39, 0.29) is 11.0 Å². The van der Waals surface area contributed by atoms with E-state index in [2.05, 4.69) is 54.2 Å². The molecule has 6 aromatic heterocycles. The standard InChI is InChI=1S/C23H16FN7S/c1-11-5-7-25-9-14(11)15-10-27-21-17(18(15)24)20(30-31-21)23-28-19-13(6-8-26-22(19)29-23)16-4-3-12(2)32-16/h3-10H,1-2H3,(H,26,28,29)(H,27,30,31). The minimum absolute atomic E-state index is 0.276. The number of aromatic amines is 2. The van der Waals surface area contributed by atoms with Gasteiger partial charge in [-0.3, -0.25) is 10.1 Å². The number of H-pyrrole nitrogens is 2. The van der Waals surface area contributed by atoms with E-state index >= 15 is 4.39 Å². The third kappa shape index (κ3) is 2.82. The molecule has 0 bridgehead atoms. The first kappa shape index (κ1) is 18.8. The lowest BCUT2D eigenvalue weighted by molar-refractivity contribution is 0.642. The monoisotopic (exact) mass is 441 g/mol. The quantitative estimate of drug-likeness (QED) is 0.381. The van der Waals surface area contributed by atoms with Crippen LogP contribution in [0.5, 0.6) is 0 Å². The zero-order valence-electron chi connectivity index (χ0n) is 17.1. The second-order valence-electron chi connectivity index (χ2n) is 7.53. The second-order valence-corrected chi connectivity index (χ2v) is 8.81. The first-order valence-electron chi connectivity index (χ1n) is 9.95. The Morgan fingerprint density at radius 2 is 1.81 bits per heavy atom. The van der Waals surface area contributed by atoms with Crippen LogP contribution < -0.4 is 0 Å². The summed E-state index contributed by atoms with van der Waals surface area (Å²) in [4.78, 5) is 23.2. The van der Waals surface area contributed by atoms with Crippen molar-refractivity contribution in [1.29, 1.82) is 0 Å². The predicted octanol–water partition coefficient (Wildman–Crippen LogP) is 5.44. The average Bonchev–Trinajstić information content (AvgIpc) is 3.52. The molecule has 7 nitrogen and oxygen atoms in total. The summed E-state index contributed by atoms with van der Waals surface area (Å²) in [5.41, 5.74) is 5.03. The van der Waals surface area contributed by atoms with E-state index in [0.717, 1.165) is 21.5 Å². The number of hydrogen-bond acceptors (Lipinski definition) is 6. The molecule has 0 amide bonds. The highest BCUT2D eigenvalue weighted by atomic mass is 32.1. The molecule has 0 atom stereocenters. The first-order valence-corrected chi connectivity index (χ1v) is 10.8. The van der Waals surface area contributed by atoms with Crippen molar-refractivity contribution in [2.45, 2.75) is 13.8 Å². The fourth-order valence-corrected chi connectivity index (χ4v) is 4.77. The zero-order chi connectivity index (χ0) is 21.8. The SMILES string of the molecule is Cc1ccc(-c2ccnc3nc(-c4[nH]nc5ncc(-c6cnccc6C)c(F)c45)[nH]c23)s1. The van der Waals surface area contributed by atoms with Crippen LogP contribution in [0.25, 0.3) is 55.3 Å². The van der Waals surface area contributed by atoms with Gasteiger partial charge in [0.05, 0.1) is 10.9 Å². The summed E-state index contributed by atoms with van der Waals surface area (Å²) in [6.45, 7) is 3.98. The van der Waals surface area contributed by atoms with Crippen molar-refractivity contribution < 1.29 is 4.39 Å². The number of aryl methyl sites for hydroxylation is 2. The summed E-state index contributed by atoms with van der Waals surface area (Å²) < 4.78 is 15.7. The molecule has 2 N–H and O–H groups in total. The Morgan fingerprint density at radius 1 is 0.906 bits per heavy atom. The summed E-state index contributed by atoms with van der Waals surface area (Å²) in [5.74, 6) is 0.0360. The molecule has 0 saturated heterocycles. The molecular formula is C23H16FN7S. The average molecular weight is 441 g/mol. The lowest BCUT2D eigenvalue weighted by Crippen LogP contribution is -1.93. The van der Waals surface area contributed by atoms with Gasteiger partial charge in [0, 0.05) is 51.2 Å². The van der Waals surface area contributed by atoms with Gasteiger partial charge in [0.1, 0.15) is 11.5 Å². The van der Waals surface area contributed by atoms with Gasteiger partial charge in [0.2, 0.25) is 0 Å². The summed E-state index contributed by atoms with van der Waals surface area (Å²) in [6, 6.07) is 7.95. The van der Waals surface area contributed by atoms with Crippen molar-refractivity contribution in [2.75, 3.05) is 0 Å². The maximum absolute atomic E-state index is 15.7. The Labute approximate surface area is 185 Å². The Hall–Kier alpha value is -3.98. The van der Waals surface area contributed by atoms with E-state index < -0.39 is 5.82 Å². The molecule has 0 fully saturated rings. The second kappa shape index (κ2) is 7.03. The van der Waals surface area contributed by atoms with Crippen LogP contribution in [-0.2, 0) is 0 Å². The largest absolute Gasteiger partial charge is 0.335 e. The minimum atomic E-state index is -0.419. The number of thiophene rings is 1. The normalized spacial score (nSPS) is 11.6. The van der Waals surface area contributed by atoms with Crippen molar-refractivity contribution in [3.63, 3.8) is 0 Å². The maximum Gasteiger partial charge on any atom is 0.184 e. The van der Waals surface area contributed by atoms with Gasteiger partial charge in [-0.15, -0.1) is 11.3 Å². The highest BCUT2D eigenvalue weighted by molar-refractivity contribution is 7.15. The van der Waals surface area contributed by atoms with Crippen molar-refractivity contribution in [1.82, 2.24) is 35.1 Å². The Bertz CT molecular complexity index is 1630. The summed E-state index contributed by atoms with van der Waals surface area (Å²) >= 11 is 1.70. The molecule has 9 heteroatoms. The van der Waals surface area contributed by atoms with E-state index in [4.69, 9.17) is 0 Å². The smallest absolute Gasteiger partial charge is 0.184 e. The number of nitrogens with one attached hydrogen (secondary N) is 2. The summed E-state index contributed by atoms with van der Waals surface area (Å²) in [7, 11) is 0. The van der Waals surface area contributed by atoms with E-state index in [0.29, 0.717) is 28.3 Å². The van der Waals surface area contributed by atoms with E-state index in [9.17, 15) is 0 Å². The van der Waals surface area contributed by atoms with Crippen LogP contribution in [0.4, 0.5) is 4.39 Å². The number of aromatic nitrogens is 7. The van der Waals surface area contributed by atoms with Gasteiger partial charge in [-0.1, -0.05) is 0 Å². The number of pyridine rings is 3. The molecule has 0 unspecified atom stereocenters. The predicted molar refractivity (Wildman–Crippen MR) is 123 cm³/mol. The number of hydrogen-bond donors (Lipinski definition) is 2.